The number of carbonyl (C=O) groups is 1. The fourth-order valence-corrected chi connectivity index (χ4v) is 6.66. The third kappa shape index (κ3) is 1.85. The van der Waals surface area contributed by atoms with Crippen LogP contribution < -0.4 is 0 Å². The Kier molecular flexibility index (Phi) is 3.35. The van der Waals surface area contributed by atoms with Crippen molar-refractivity contribution in [3.05, 3.63) is 11.6 Å². The molecule has 0 radical (unpaired) electrons. The second-order valence-corrected chi connectivity index (χ2v) is 8.97. The average Bonchev–Trinajstić information content (AvgIpc) is 2.82. The maximum atomic E-state index is 12.4. The zero-order valence-corrected chi connectivity index (χ0v) is 14.1. The molecule has 2 nitrogen and oxygen atoms in total. The second kappa shape index (κ2) is 4.93. The fourth-order valence-electron chi connectivity index (χ4n) is 6.66. The van der Waals surface area contributed by atoms with Crippen LogP contribution in [0.25, 0.3) is 0 Å². The highest BCUT2D eigenvalue weighted by molar-refractivity contribution is 5.87. The Hall–Kier alpha value is -0.630. The number of hydrogen-bond donors (Lipinski definition) is 1. The molecule has 0 amide bonds. The van der Waals surface area contributed by atoms with E-state index in [0.717, 1.165) is 37.5 Å². The topological polar surface area (TPSA) is 37.3 Å². The first-order valence-electron chi connectivity index (χ1n) is 9.32. The van der Waals surface area contributed by atoms with Crippen molar-refractivity contribution in [3.8, 4) is 0 Å². The summed E-state index contributed by atoms with van der Waals surface area (Å²) < 4.78 is 0. The maximum Gasteiger partial charge on any atom is 0.139 e. The summed E-state index contributed by atoms with van der Waals surface area (Å²) >= 11 is 0. The van der Waals surface area contributed by atoms with Crippen LogP contribution in [0.4, 0.5) is 0 Å². The van der Waals surface area contributed by atoms with E-state index in [9.17, 15) is 9.90 Å². The molecule has 3 fully saturated rings. The molecule has 1 N–H and O–H groups in total. The molecule has 0 aromatic carbocycles. The number of allylic oxidation sites excluding steroid dienone is 2. The van der Waals surface area contributed by atoms with E-state index in [1.54, 1.807) is 5.57 Å². The number of ketones is 1. The number of carbonyl (C=O) groups excluding carboxylic acids is 1. The van der Waals surface area contributed by atoms with Gasteiger partial charge < -0.3 is 5.11 Å². The summed E-state index contributed by atoms with van der Waals surface area (Å²) in [6.07, 6.45) is 11.5. The molecule has 2 heteroatoms. The summed E-state index contributed by atoms with van der Waals surface area (Å²) in [7, 11) is 0. The van der Waals surface area contributed by atoms with E-state index in [1.807, 2.05) is 0 Å². The first-order chi connectivity index (χ1) is 10.5. The highest BCUT2D eigenvalue weighted by atomic mass is 16.3. The van der Waals surface area contributed by atoms with Crippen LogP contribution in [0.2, 0.25) is 0 Å². The van der Waals surface area contributed by atoms with Crippen molar-refractivity contribution in [1.29, 1.82) is 0 Å². The molecule has 0 spiro atoms. The van der Waals surface area contributed by atoms with Gasteiger partial charge in [-0.15, -0.1) is 0 Å². The van der Waals surface area contributed by atoms with E-state index < -0.39 is 0 Å². The van der Waals surface area contributed by atoms with Crippen LogP contribution in [0.15, 0.2) is 11.6 Å². The first kappa shape index (κ1) is 14.9. The summed E-state index contributed by atoms with van der Waals surface area (Å²) in [6, 6.07) is 0. The summed E-state index contributed by atoms with van der Waals surface area (Å²) in [5.41, 5.74) is 1.97. The Bertz CT molecular complexity index is 522. The summed E-state index contributed by atoms with van der Waals surface area (Å²) in [5.74, 6) is 3.15. The highest BCUT2D eigenvalue weighted by Gasteiger charge is 2.58. The van der Waals surface area contributed by atoms with Gasteiger partial charge in [0.25, 0.3) is 0 Å². The monoisotopic (exact) mass is 302 g/mol. The molecule has 4 aliphatic rings. The van der Waals surface area contributed by atoms with Crippen LogP contribution >= 0.6 is 0 Å². The van der Waals surface area contributed by atoms with Gasteiger partial charge in [0.15, 0.2) is 0 Å². The lowest BCUT2D eigenvalue weighted by Gasteiger charge is -2.57. The molecule has 122 valence electrons. The highest BCUT2D eigenvalue weighted by Crippen LogP contribution is 2.64. The molecule has 0 aromatic heterocycles. The van der Waals surface area contributed by atoms with Gasteiger partial charge in [-0.05, 0) is 74.0 Å². The van der Waals surface area contributed by atoms with Crippen LogP contribution in [0.5, 0.6) is 0 Å². The van der Waals surface area contributed by atoms with Crippen LogP contribution in [0.1, 0.15) is 65.2 Å². The van der Waals surface area contributed by atoms with E-state index >= 15 is 0 Å². The largest absolute Gasteiger partial charge is 0.396 e. The third-order valence-electron chi connectivity index (χ3n) is 8.17. The van der Waals surface area contributed by atoms with Gasteiger partial charge in [0.1, 0.15) is 5.78 Å². The van der Waals surface area contributed by atoms with Gasteiger partial charge in [0, 0.05) is 18.4 Å². The molecule has 4 aliphatic carbocycles. The Labute approximate surface area is 134 Å². The SMILES string of the molecule is C[C@]12CCC(CO)CC1=CC[C@@H]1[C@@H]2CC[C@]2(C)C(=O)CC[C@@H]12. The van der Waals surface area contributed by atoms with Gasteiger partial charge in [0.05, 0.1) is 0 Å². The molecule has 0 aliphatic heterocycles. The van der Waals surface area contributed by atoms with E-state index in [2.05, 4.69) is 19.9 Å². The van der Waals surface area contributed by atoms with E-state index in [4.69, 9.17) is 0 Å². The second-order valence-electron chi connectivity index (χ2n) is 8.97. The minimum absolute atomic E-state index is 0.00876. The van der Waals surface area contributed by atoms with Gasteiger partial charge in [-0.1, -0.05) is 25.5 Å². The van der Waals surface area contributed by atoms with Gasteiger partial charge in [0.2, 0.25) is 0 Å². The molecule has 4 rings (SSSR count). The molecular formula is C20H30O2. The number of rotatable bonds is 1. The van der Waals surface area contributed by atoms with Gasteiger partial charge in [-0.3, -0.25) is 4.79 Å². The first-order valence-corrected chi connectivity index (χ1v) is 9.32. The summed E-state index contributed by atoms with van der Waals surface area (Å²) in [6.45, 7) is 5.09. The molecule has 22 heavy (non-hydrogen) atoms. The molecule has 0 heterocycles. The molecule has 0 saturated heterocycles. The standard InChI is InChI=1S/C20H30O2/c1-19-9-7-13(12-21)11-14(19)3-4-15-16-5-6-18(22)20(16,2)10-8-17(15)19/h3,13,15-17,21H,4-12H2,1-2H3/t13?,15-,16-,17-,19-,20-/m0/s1. The lowest BCUT2D eigenvalue weighted by atomic mass is 9.47. The Morgan fingerprint density at radius 1 is 1.14 bits per heavy atom. The van der Waals surface area contributed by atoms with Crippen molar-refractivity contribution >= 4 is 5.78 Å². The predicted molar refractivity (Wildman–Crippen MR) is 87.3 cm³/mol. The minimum atomic E-state index is -0.00876. The lowest BCUT2D eigenvalue weighted by Crippen LogP contribution is -2.50. The lowest BCUT2D eigenvalue weighted by molar-refractivity contribution is -0.131. The van der Waals surface area contributed by atoms with Crippen molar-refractivity contribution in [1.82, 2.24) is 0 Å². The van der Waals surface area contributed by atoms with Gasteiger partial charge in [-0.2, -0.15) is 0 Å². The smallest absolute Gasteiger partial charge is 0.139 e. The Morgan fingerprint density at radius 2 is 1.86 bits per heavy atom. The van der Waals surface area contributed by atoms with Gasteiger partial charge in [-0.25, -0.2) is 0 Å². The van der Waals surface area contributed by atoms with E-state index in [-0.39, 0.29) is 5.41 Å². The predicted octanol–water partition coefficient (Wildman–Crippen LogP) is 4.13. The van der Waals surface area contributed by atoms with Crippen LogP contribution in [-0.2, 0) is 4.79 Å². The number of aliphatic hydroxyl groups is 1. The van der Waals surface area contributed by atoms with Gasteiger partial charge >= 0.3 is 0 Å². The quantitative estimate of drug-likeness (QED) is 0.740. The van der Waals surface area contributed by atoms with E-state index in [1.165, 1.54) is 25.7 Å². The number of fused-ring (bicyclic) bond motifs is 5. The third-order valence-corrected chi connectivity index (χ3v) is 8.17. The van der Waals surface area contributed by atoms with Crippen molar-refractivity contribution < 1.29 is 9.90 Å². The van der Waals surface area contributed by atoms with Crippen molar-refractivity contribution in [2.75, 3.05) is 6.61 Å². The average molecular weight is 302 g/mol. The maximum absolute atomic E-state index is 12.4. The molecule has 0 bridgehead atoms. The van der Waals surface area contributed by atoms with Crippen LogP contribution in [0, 0.1) is 34.5 Å². The van der Waals surface area contributed by atoms with Crippen molar-refractivity contribution in [2.24, 2.45) is 34.5 Å². The van der Waals surface area contributed by atoms with Crippen LogP contribution in [-0.4, -0.2) is 17.5 Å². The fraction of sp³-hybridized carbons (Fsp3) is 0.850. The Morgan fingerprint density at radius 3 is 2.64 bits per heavy atom. The summed E-state index contributed by atoms with van der Waals surface area (Å²) in [5, 5.41) is 9.52. The molecule has 0 aromatic rings. The molecule has 6 atom stereocenters. The van der Waals surface area contributed by atoms with E-state index in [0.29, 0.717) is 29.6 Å². The normalized spacial score (nSPS) is 50.9. The number of hydrogen-bond acceptors (Lipinski definition) is 2. The number of aliphatic hydroxyl groups excluding tert-OH is 1. The van der Waals surface area contributed by atoms with Crippen molar-refractivity contribution in [2.45, 2.75) is 65.2 Å². The molecular weight excluding hydrogens is 272 g/mol. The zero-order chi connectivity index (χ0) is 15.5. The van der Waals surface area contributed by atoms with Crippen LogP contribution in [0.3, 0.4) is 0 Å². The molecule has 3 saturated carbocycles. The van der Waals surface area contributed by atoms with Crippen molar-refractivity contribution in [3.63, 3.8) is 0 Å². The number of Topliss-reactive ketones (excluding diaryl/α,β-unsaturated/α-hetero) is 1. The minimum Gasteiger partial charge on any atom is -0.396 e. The zero-order valence-electron chi connectivity index (χ0n) is 14.1. The Balaban J connectivity index is 1.66. The summed E-state index contributed by atoms with van der Waals surface area (Å²) in [4.78, 5) is 12.4. The molecule has 1 unspecified atom stereocenters.